The molecule has 4 aromatic rings. The van der Waals surface area contributed by atoms with E-state index in [1.165, 1.54) is 0 Å². The molecule has 6 heteroatoms. The minimum absolute atomic E-state index is 0.0250. The molecule has 0 bridgehead atoms. The van der Waals surface area contributed by atoms with Crippen molar-refractivity contribution in [2.45, 2.75) is 26.9 Å². The van der Waals surface area contributed by atoms with Crippen molar-refractivity contribution in [1.29, 1.82) is 0 Å². The maximum Gasteiger partial charge on any atom is 0.227 e. The van der Waals surface area contributed by atoms with Gasteiger partial charge in [-0.2, -0.15) is 0 Å². The Morgan fingerprint density at radius 2 is 1.83 bits per heavy atom. The fraction of sp³-hybridized carbons (Fsp3) is 0.174. The quantitative estimate of drug-likeness (QED) is 0.464. The number of hydrogen-bond acceptors (Lipinski definition) is 6. The number of nitrogens with zero attached hydrogens (tertiary/aromatic N) is 3. The summed E-state index contributed by atoms with van der Waals surface area (Å²) in [6.07, 6.45) is 3.57. The minimum Gasteiger partial charge on any atom is -0.475 e. The normalized spacial score (nSPS) is 11.0. The molecule has 0 unspecified atom stereocenters. The van der Waals surface area contributed by atoms with Crippen molar-refractivity contribution in [3.05, 3.63) is 66.5 Å². The molecule has 2 heterocycles. The zero-order chi connectivity index (χ0) is 20.4. The van der Waals surface area contributed by atoms with Gasteiger partial charge < -0.3 is 15.8 Å². The third kappa shape index (κ3) is 3.96. The van der Waals surface area contributed by atoms with Crippen molar-refractivity contribution in [1.82, 2.24) is 15.0 Å². The lowest BCUT2D eigenvalue weighted by Crippen LogP contribution is -2.08. The second kappa shape index (κ2) is 7.75. The van der Waals surface area contributed by atoms with E-state index < -0.39 is 0 Å². The Balaban J connectivity index is 1.81. The molecule has 0 fully saturated rings. The van der Waals surface area contributed by atoms with E-state index >= 15 is 0 Å². The molecule has 0 aliphatic heterocycles. The Hall–Kier alpha value is -3.67. The van der Waals surface area contributed by atoms with Gasteiger partial charge in [0.1, 0.15) is 0 Å². The smallest absolute Gasteiger partial charge is 0.227 e. The highest BCUT2D eigenvalue weighted by atomic mass is 16.5. The topological polar surface area (TPSA) is 86.0 Å². The van der Waals surface area contributed by atoms with Crippen molar-refractivity contribution in [3.8, 4) is 17.0 Å². The number of nitrogen functional groups attached to an aromatic ring is 1. The Labute approximate surface area is 169 Å². The van der Waals surface area contributed by atoms with E-state index in [4.69, 9.17) is 15.5 Å². The van der Waals surface area contributed by atoms with Gasteiger partial charge in [-0.3, -0.25) is 0 Å². The number of pyridine rings is 1. The molecule has 0 saturated carbocycles. The van der Waals surface area contributed by atoms with Gasteiger partial charge in [0.15, 0.2) is 0 Å². The van der Waals surface area contributed by atoms with E-state index in [-0.39, 0.29) is 6.10 Å². The summed E-state index contributed by atoms with van der Waals surface area (Å²) in [6.45, 7) is 5.98. The van der Waals surface area contributed by atoms with E-state index in [0.29, 0.717) is 17.5 Å². The lowest BCUT2D eigenvalue weighted by Gasteiger charge is -2.14. The first-order valence-electron chi connectivity index (χ1n) is 9.52. The molecule has 0 radical (unpaired) electrons. The average molecular weight is 385 g/mol. The summed E-state index contributed by atoms with van der Waals surface area (Å²) in [5.41, 5.74) is 11.2. The summed E-state index contributed by atoms with van der Waals surface area (Å²) in [7, 11) is 0. The van der Waals surface area contributed by atoms with Crippen molar-refractivity contribution in [3.63, 3.8) is 0 Å². The molecule has 3 N–H and O–H groups in total. The van der Waals surface area contributed by atoms with E-state index in [1.807, 2.05) is 75.5 Å². The number of anilines is 3. The Kier molecular flexibility index (Phi) is 4.99. The zero-order valence-electron chi connectivity index (χ0n) is 16.7. The Morgan fingerprint density at radius 1 is 1.00 bits per heavy atom. The first kappa shape index (κ1) is 18.7. The van der Waals surface area contributed by atoms with Crippen LogP contribution >= 0.6 is 0 Å². The van der Waals surface area contributed by atoms with E-state index in [2.05, 4.69) is 15.3 Å². The van der Waals surface area contributed by atoms with Crippen molar-refractivity contribution in [2.75, 3.05) is 11.1 Å². The van der Waals surface area contributed by atoms with E-state index in [0.717, 1.165) is 33.3 Å². The molecule has 0 spiro atoms. The lowest BCUT2D eigenvalue weighted by molar-refractivity contribution is 0.234. The minimum atomic E-state index is 0.0250. The summed E-state index contributed by atoms with van der Waals surface area (Å²) in [6, 6.07) is 15.6. The van der Waals surface area contributed by atoms with Crippen molar-refractivity contribution in [2.24, 2.45) is 0 Å². The molecule has 146 valence electrons. The summed E-state index contributed by atoms with van der Waals surface area (Å²) < 4.78 is 5.92. The second-order valence-electron chi connectivity index (χ2n) is 7.16. The van der Waals surface area contributed by atoms with Crippen LogP contribution in [0.5, 0.6) is 5.88 Å². The molecular formula is C23H23N5O. The van der Waals surface area contributed by atoms with Crippen LogP contribution in [0, 0.1) is 6.92 Å². The largest absolute Gasteiger partial charge is 0.475 e. The predicted molar refractivity (Wildman–Crippen MR) is 117 cm³/mol. The van der Waals surface area contributed by atoms with E-state index in [1.54, 1.807) is 6.20 Å². The van der Waals surface area contributed by atoms with Gasteiger partial charge in [0.2, 0.25) is 11.8 Å². The van der Waals surface area contributed by atoms with Crippen molar-refractivity contribution < 1.29 is 4.74 Å². The molecule has 0 aliphatic rings. The number of aromatic nitrogens is 3. The molecule has 0 aliphatic carbocycles. The molecule has 0 atom stereocenters. The highest BCUT2D eigenvalue weighted by Crippen LogP contribution is 2.33. The summed E-state index contributed by atoms with van der Waals surface area (Å²) >= 11 is 0. The lowest BCUT2D eigenvalue weighted by atomic mass is 10.0. The maximum atomic E-state index is 5.93. The molecule has 4 rings (SSSR count). The number of hydrogen-bond donors (Lipinski definition) is 2. The third-order valence-electron chi connectivity index (χ3n) is 4.53. The van der Waals surface area contributed by atoms with Crippen LogP contribution in [0.3, 0.4) is 0 Å². The van der Waals surface area contributed by atoms with Gasteiger partial charge in [-0.1, -0.05) is 24.3 Å². The molecular weight excluding hydrogens is 362 g/mol. The van der Waals surface area contributed by atoms with Crippen molar-refractivity contribution >= 4 is 28.2 Å². The van der Waals surface area contributed by atoms with Gasteiger partial charge in [-0.05, 0) is 50.6 Å². The van der Waals surface area contributed by atoms with Gasteiger partial charge in [-0.25, -0.2) is 15.0 Å². The third-order valence-corrected chi connectivity index (χ3v) is 4.53. The number of nitrogens with two attached hydrogens (primary N) is 1. The summed E-state index contributed by atoms with van der Waals surface area (Å²) in [5, 5.41) is 4.22. The van der Waals surface area contributed by atoms with Crippen LogP contribution in [0.25, 0.3) is 22.0 Å². The van der Waals surface area contributed by atoms with Crippen LogP contribution in [0.2, 0.25) is 0 Å². The van der Waals surface area contributed by atoms with Gasteiger partial charge in [0, 0.05) is 40.3 Å². The van der Waals surface area contributed by atoms with Gasteiger partial charge in [-0.15, -0.1) is 0 Å². The summed E-state index contributed by atoms with van der Waals surface area (Å²) in [4.78, 5) is 13.7. The number of rotatable bonds is 5. The van der Waals surface area contributed by atoms with Crippen LogP contribution in [0.15, 0.2) is 60.9 Å². The number of aryl methyl sites for hydroxylation is 1. The molecule has 0 amide bonds. The highest BCUT2D eigenvalue weighted by molar-refractivity contribution is 5.95. The predicted octanol–water partition coefficient (Wildman–Crippen LogP) is 5.11. The van der Waals surface area contributed by atoms with Gasteiger partial charge in [0.05, 0.1) is 11.6 Å². The van der Waals surface area contributed by atoms with Crippen LogP contribution in [-0.2, 0) is 0 Å². The SMILES string of the molecule is Cc1ccc(N)cc1Nc1ncc2cccc(-c3cccnc3OC(C)C)c2n1. The number of nitrogens with one attached hydrogen (secondary N) is 1. The monoisotopic (exact) mass is 385 g/mol. The fourth-order valence-corrected chi connectivity index (χ4v) is 3.14. The molecule has 0 saturated heterocycles. The average Bonchev–Trinajstić information content (AvgIpc) is 2.70. The molecule has 2 aromatic heterocycles. The first-order chi connectivity index (χ1) is 14.0. The van der Waals surface area contributed by atoms with Gasteiger partial charge in [0.25, 0.3) is 0 Å². The van der Waals surface area contributed by atoms with Crippen LogP contribution in [0.1, 0.15) is 19.4 Å². The number of ether oxygens (including phenoxy) is 1. The highest BCUT2D eigenvalue weighted by Gasteiger charge is 2.14. The maximum absolute atomic E-state index is 5.93. The standard InChI is InChI=1S/C23H23N5O/c1-14(2)29-22-19(8-5-11-25-22)18-7-4-6-16-13-26-23(28-21(16)18)27-20-12-17(24)10-9-15(20)3/h4-14H,24H2,1-3H3,(H,26,27,28). The molecule has 2 aromatic carbocycles. The first-order valence-corrected chi connectivity index (χ1v) is 9.52. The van der Waals surface area contributed by atoms with E-state index in [9.17, 15) is 0 Å². The molecule has 6 nitrogen and oxygen atoms in total. The Morgan fingerprint density at radius 3 is 2.66 bits per heavy atom. The number of benzene rings is 2. The Bertz CT molecular complexity index is 1170. The zero-order valence-corrected chi connectivity index (χ0v) is 16.7. The number of para-hydroxylation sites is 1. The number of fused-ring (bicyclic) bond motifs is 1. The van der Waals surface area contributed by atoms with Crippen LogP contribution in [0.4, 0.5) is 17.3 Å². The van der Waals surface area contributed by atoms with Crippen LogP contribution < -0.4 is 15.8 Å². The van der Waals surface area contributed by atoms with Crippen LogP contribution in [-0.4, -0.2) is 21.1 Å². The fourth-order valence-electron chi connectivity index (χ4n) is 3.14. The van der Waals surface area contributed by atoms with Gasteiger partial charge >= 0.3 is 0 Å². The summed E-state index contributed by atoms with van der Waals surface area (Å²) in [5.74, 6) is 1.10. The molecule has 29 heavy (non-hydrogen) atoms. The second-order valence-corrected chi connectivity index (χ2v) is 7.16.